The number of nitrogens with zero attached hydrogens (tertiary/aromatic N) is 3. The van der Waals surface area contributed by atoms with E-state index in [1.54, 1.807) is 12.1 Å². The molecule has 4 amide bonds. The number of fused-ring (bicyclic) bond motifs is 5. The van der Waals surface area contributed by atoms with Gasteiger partial charge in [-0.1, -0.05) is 36.6 Å². The maximum atomic E-state index is 14.7. The molecule has 1 aromatic carbocycles. The van der Waals surface area contributed by atoms with E-state index in [0.29, 0.717) is 49.0 Å². The molecule has 0 radical (unpaired) electrons. The van der Waals surface area contributed by atoms with Crippen molar-refractivity contribution >= 4 is 55.9 Å². The van der Waals surface area contributed by atoms with E-state index in [1.807, 2.05) is 37.3 Å². The summed E-state index contributed by atoms with van der Waals surface area (Å²) >= 11 is 0. The maximum Gasteiger partial charge on any atom is 0.408 e. The maximum absolute atomic E-state index is 14.7. The van der Waals surface area contributed by atoms with Gasteiger partial charge >= 0.3 is 6.09 Å². The van der Waals surface area contributed by atoms with E-state index in [-0.39, 0.29) is 42.8 Å². The van der Waals surface area contributed by atoms with Gasteiger partial charge < -0.3 is 33.8 Å². The van der Waals surface area contributed by atoms with Gasteiger partial charge in [0.2, 0.25) is 27.4 Å². The van der Waals surface area contributed by atoms with E-state index in [1.165, 1.54) is 11.2 Å². The Bertz CT molecular complexity index is 2420. The van der Waals surface area contributed by atoms with Crippen molar-refractivity contribution in [3.05, 3.63) is 54.3 Å². The van der Waals surface area contributed by atoms with Crippen molar-refractivity contribution in [2.75, 3.05) is 6.54 Å². The predicted octanol–water partition coefficient (Wildman–Crippen LogP) is 5.33. The summed E-state index contributed by atoms with van der Waals surface area (Å²) in [6, 6.07) is 6.97. The lowest BCUT2D eigenvalue weighted by Gasteiger charge is -2.30. The first-order valence-electron chi connectivity index (χ1n) is 20.7. The fourth-order valence-electron chi connectivity index (χ4n) is 8.67. The Morgan fingerprint density at radius 1 is 1.00 bits per heavy atom. The second kappa shape index (κ2) is 15.6. The van der Waals surface area contributed by atoms with Crippen molar-refractivity contribution in [3.63, 3.8) is 0 Å². The van der Waals surface area contributed by atoms with Crippen LogP contribution in [0.3, 0.4) is 0 Å². The number of allylic oxidation sites excluding steroid dienone is 1. The molecular weight excluding hydrogens is 781 g/mol. The average Bonchev–Trinajstić information content (AvgIpc) is 3.82. The molecule has 0 unspecified atom stereocenters. The third kappa shape index (κ3) is 8.00. The van der Waals surface area contributed by atoms with Crippen LogP contribution in [0.25, 0.3) is 33.7 Å². The molecule has 2 aliphatic heterocycles. The van der Waals surface area contributed by atoms with Crippen molar-refractivity contribution in [3.8, 4) is 17.5 Å². The number of sulfonamides is 1. The zero-order valence-electron chi connectivity index (χ0n) is 32.8. The number of aromatic nitrogens is 2. The zero-order chi connectivity index (χ0) is 40.9. The Morgan fingerprint density at radius 2 is 1.81 bits per heavy atom. The summed E-state index contributed by atoms with van der Waals surface area (Å²) in [5.41, 5.74) is 0.790. The van der Waals surface area contributed by atoms with Crippen LogP contribution < -0.4 is 20.1 Å². The number of alkyl carbamates (subject to hydrolysis) is 1. The Hall–Kier alpha value is -5.45. The predicted molar refractivity (Wildman–Crippen MR) is 213 cm³/mol. The third-order valence-electron chi connectivity index (χ3n) is 12.2. The average molecular weight is 829 g/mol. The Balaban J connectivity index is 1.05. The number of amides is 4. The summed E-state index contributed by atoms with van der Waals surface area (Å²) in [6.07, 6.45) is 11.3. The number of rotatable bonds is 8. The summed E-state index contributed by atoms with van der Waals surface area (Å²) in [5, 5.41) is 5.81. The molecule has 3 N–H and O–H groups in total. The minimum absolute atomic E-state index is 0.0176. The molecule has 5 aliphatic rings. The molecule has 4 fully saturated rings. The van der Waals surface area contributed by atoms with Crippen LogP contribution in [-0.4, -0.2) is 88.7 Å². The highest BCUT2D eigenvalue weighted by Gasteiger charge is 2.62. The van der Waals surface area contributed by atoms with Gasteiger partial charge in [-0.05, 0) is 95.4 Å². The second-order valence-electron chi connectivity index (χ2n) is 16.6. The van der Waals surface area contributed by atoms with Crippen molar-refractivity contribution < 1.29 is 45.9 Å². The fraction of sp³-hybridized carbons (Fsp3) is 0.524. The minimum atomic E-state index is -3.92. The van der Waals surface area contributed by atoms with Crippen LogP contribution >= 0.6 is 0 Å². The van der Waals surface area contributed by atoms with Gasteiger partial charge in [0.25, 0.3) is 11.8 Å². The van der Waals surface area contributed by atoms with Crippen LogP contribution in [-0.2, 0) is 29.1 Å². The summed E-state index contributed by atoms with van der Waals surface area (Å²) < 4.78 is 52.3. The molecular formula is C42H48N6O10S. The van der Waals surface area contributed by atoms with Gasteiger partial charge in [0.1, 0.15) is 40.9 Å². The largest absolute Gasteiger partial charge is 0.470 e. The van der Waals surface area contributed by atoms with Gasteiger partial charge in [0, 0.05) is 17.7 Å². The summed E-state index contributed by atoms with van der Waals surface area (Å²) in [5.74, 6) is -1.68. The first kappa shape index (κ1) is 39.0. The lowest BCUT2D eigenvalue weighted by molar-refractivity contribution is -0.141. The summed E-state index contributed by atoms with van der Waals surface area (Å²) in [4.78, 5) is 67.2. The molecule has 1 saturated heterocycles. The third-order valence-corrected chi connectivity index (χ3v) is 14.0. The van der Waals surface area contributed by atoms with E-state index in [9.17, 15) is 27.6 Å². The summed E-state index contributed by atoms with van der Waals surface area (Å²) in [7, 11) is -3.92. The standard InChI is InChI=1S/C42H48N6O10S/c1-24-15-18-32-29(20-24)34-35(58-32)38(45-36(44-34)33-14-9-19-55-33)56-27-21-31-37(49)46-42(40(51)47-59(53,54)28-16-17-28)22-25(42)10-5-3-2-4-6-13-30(39(50)48(31)23-27)43-41(52)57-26-11-7-8-12-26/h5,9-10,14-15,18-20,25-28,30-31H,2-4,6-8,11-13,16-17,21-23H2,1H3,(H,43,52)(H,46,49)(H,47,51)/b10-5-/t25-,27+,30-,31-,42+/m0/s1. The topological polar surface area (TPSA) is 212 Å². The Morgan fingerprint density at radius 3 is 2.59 bits per heavy atom. The van der Waals surface area contributed by atoms with E-state index >= 15 is 0 Å². The number of aryl methyl sites for hydroxylation is 1. The van der Waals surface area contributed by atoms with Crippen molar-refractivity contribution in [2.24, 2.45) is 5.92 Å². The molecule has 0 spiro atoms. The molecule has 59 heavy (non-hydrogen) atoms. The molecule has 9 rings (SSSR count). The molecule has 3 aliphatic carbocycles. The van der Waals surface area contributed by atoms with Crippen molar-refractivity contribution in [2.45, 2.75) is 125 Å². The van der Waals surface area contributed by atoms with Gasteiger partial charge in [-0.25, -0.2) is 18.2 Å². The first-order chi connectivity index (χ1) is 28.5. The Kier molecular flexibility index (Phi) is 10.3. The second-order valence-corrected chi connectivity index (χ2v) is 18.6. The molecule has 5 atom stereocenters. The fourth-order valence-corrected chi connectivity index (χ4v) is 10.0. The number of carbonyl (C=O) groups is 4. The first-order valence-corrected chi connectivity index (χ1v) is 22.3. The van der Waals surface area contributed by atoms with Gasteiger partial charge in [0.05, 0.1) is 18.1 Å². The Labute approximate surface area is 340 Å². The molecule has 5 heterocycles. The van der Waals surface area contributed by atoms with Crippen LogP contribution in [0.5, 0.6) is 5.88 Å². The normalized spacial score (nSPS) is 27.3. The molecule has 4 aromatic rings. The van der Waals surface area contributed by atoms with Gasteiger partial charge in [0.15, 0.2) is 11.6 Å². The number of ether oxygens (including phenoxy) is 2. The van der Waals surface area contributed by atoms with E-state index in [4.69, 9.17) is 28.3 Å². The van der Waals surface area contributed by atoms with E-state index < -0.39 is 68.7 Å². The van der Waals surface area contributed by atoms with E-state index in [0.717, 1.165) is 49.5 Å². The van der Waals surface area contributed by atoms with Crippen LogP contribution in [0.15, 0.2) is 57.6 Å². The quantitative estimate of drug-likeness (QED) is 0.192. The molecule has 3 aromatic heterocycles. The number of carbonyl (C=O) groups excluding carboxylic acids is 4. The zero-order valence-corrected chi connectivity index (χ0v) is 33.6. The molecule has 17 heteroatoms. The van der Waals surface area contributed by atoms with Gasteiger partial charge in [-0.2, -0.15) is 4.98 Å². The van der Waals surface area contributed by atoms with E-state index in [2.05, 4.69) is 15.4 Å². The highest BCUT2D eigenvalue weighted by molar-refractivity contribution is 7.91. The number of hydrogen-bond donors (Lipinski definition) is 3. The highest BCUT2D eigenvalue weighted by atomic mass is 32.2. The molecule has 0 bridgehead atoms. The lowest BCUT2D eigenvalue weighted by Crippen LogP contribution is -2.58. The van der Waals surface area contributed by atoms with Crippen molar-refractivity contribution in [1.29, 1.82) is 0 Å². The minimum Gasteiger partial charge on any atom is -0.470 e. The molecule has 16 nitrogen and oxygen atoms in total. The van der Waals surface area contributed by atoms with Gasteiger partial charge in [-0.15, -0.1) is 0 Å². The SMILES string of the molecule is Cc1ccc2oc3c(O[C@@H]4C[C@H]5C(=O)N[C@]6(C(=O)NS(=O)(=O)C7CC7)C[C@@H]6/C=C\CCCCC[C@H](NC(=O)OC6CCCC6)C(=O)N5C4)nc(-c4ccco4)nc3c2c1. The number of hydrogen-bond acceptors (Lipinski definition) is 12. The van der Waals surface area contributed by atoms with Crippen LogP contribution in [0.2, 0.25) is 0 Å². The highest BCUT2D eigenvalue weighted by Crippen LogP contribution is 2.46. The molecule has 3 saturated carbocycles. The van der Waals surface area contributed by atoms with Crippen molar-refractivity contribution in [1.82, 2.24) is 30.2 Å². The molecule has 312 valence electrons. The monoisotopic (exact) mass is 828 g/mol. The smallest absolute Gasteiger partial charge is 0.408 e. The van der Waals surface area contributed by atoms with Crippen LogP contribution in [0.4, 0.5) is 4.79 Å². The van der Waals surface area contributed by atoms with Gasteiger partial charge in [-0.3, -0.25) is 19.1 Å². The number of benzene rings is 1. The van der Waals surface area contributed by atoms with Crippen LogP contribution in [0, 0.1) is 12.8 Å². The van der Waals surface area contributed by atoms with Crippen LogP contribution in [0.1, 0.15) is 89.0 Å². The lowest BCUT2D eigenvalue weighted by atomic mass is 10.0. The number of furan rings is 2. The number of nitrogens with one attached hydrogen (secondary N) is 3. The summed E-state index contributed by atoms with van der Waals surface area (Å²) in [6.45, 7) is 1.88.